The number of carbonyl (C=O) groups excluding carboxylic acids is 1. The maximum Gasteiger partial charge on any atom is 0.281 e. The fourth-order valence-corrected chi connectivity index (χ4v) is 4.27. The van der Waals surface area contributed by atoms with E-state index in [1.54, 1.807) is 0 Å². The van der Waals surface area contributed by atoms with Crippen LogP contribution in [0, 0.1) is 5.92 Å². The highest BCUT2D eigenvalue weighted by Crippen LogP contribution is 2.20. The predicted octanol–water partition coefficient (Wildman–Crippen LogP) is 1.15. The highest BCUT2D eigenvalue weighted by Gasteiger charge is 2.33. The molecule has 0 bridgehead atoms. The minimum atomic E-state index is -3.45. The van der Waals surface area contributed by atoms with Crippen LogP contribution < -0.4 is 10.2 Å². The molecular formula is C18H30N4O3S. The molecule has 8 heteroatoms. The number of para-hydroxylation sites is 1. The first-order valence-corrected chi connectivity index (χ1v) is 10.4. The average molecular weight is 383 g/mol. The van der Waals surface area contributed by atoms with E-state index in [9.17, 15) is 13.2 Å². The number of anilines is 1. The Hall–Kier alpha value is -1.64. The Morgan fingerprint density at radius 3 is 2.58 bits per heavy atom. The molecular weight excluding hydrogens is 352 g/mol. The first kappa shape index (κ1) is 20.7. The first-order chi connectivity index (χ1) is 12.3. The number of benzene rings is 1. The van der Waals surface area contributed by atoms with Crippen LogP contribution in [0.1, 0.15) is 19.3 Å². The minimum absolute atomic E-state index is 0.0500. The van der Waals surface area contributed by atoms with Crippen LogP contribution in [0.5, 0.6) is 0 Å². The SMILES string of the molecule is CN(CCCNC(=O)C1CCCN(S(=O)(=O)N(C)C)C1)c1ccccc1. The lowest BCUT2D eigenvalue weighted by Gasteiger charge is -2.32. The molecule has 7 nitrogen and oxygen atoms in total. The fourth-order valence-electron chi connectivity index (χ4n) is 3.08. The number of nitrogens with one attached hydrogen (secondary N) is 1. The van der Waals surface area contributed by atoms with Gasteiger partial charge in [0.1, 0.15) is 0 Å². The van der Waals surface area contributed by atoms with Gasteiger partial charge in [-0.15, -0.1) is 0 Å². The van der Waals surface area contributed by atoms with Gasteiger partial charge >= 0.3 is 0 Å². The summed E-state index contributed by atoms with van der Waals surface area (Å²) < 4.78 is 27.1. The summed E-state index contributed by atoms with van der Waals surface area (Å²) in [6, 6.07) is 10.1. The summed E-state index contributed by atoms with van der Waals surface area (Å²) in [5.74, 6) is -0.323. The molecule has 146 valence electrons. The van der Waals surface area contributed by atoms with Crippen molar-refractivity contribution in [3.05, 3.63) is 30.3 Å². The van der Waals surface area contributed by atoms with Crippen molar-refractivity contribution in [2.45, 2.75) is 19.3 Å². The first-order valence-electron chi connectivity index (χ1n) is 9.04. The molecule has 1 atom stereocenters. The second kappa shape index (κ2) is 9.34. The zero-order valence-electron chi connectivity index (χ0n) is 15.9. The number of piperidine rings is 1. The molecule has 1 heterocycles. The molecule has 0 spiro atoms. The third-order valence-corrected chi connectivity index (χ3v) is 6.62. The van der Waals surface area contributed by atoms with Crippen LogP contribution in [0.2, 0.25) is 0 Å². The smallest absolute Gasteiger partial charge is 0.281 e. The Kier molecular flexibility index (Phi) is 7.43. The van der Waals surface area contributed by atoms with Gasteiger partial charge in [-0.1, -0.05) is 18.2 Å². The van der Waals surface area contributed by atoms with Crippen LogP contribution in [0.3, 0.4) is 0 Å². The van der Waals surface area contributed by atoms with Gasteiger partial charge in [-0.2, -0.15) is 17.0 Å². The summed E-state index contributed by atoms with van der Waals surface area (Å²) in [5.41, 5.74) is 1.15. The third kappa shape index (κ3) is 5.43. The molecule has 1 aliphatic rings. The van der Waals surface area contributed by atoms with E-state index in [1.165, 1.54) is 22.7 Å². The molecule has 1 aromatic carbocycles. The normalized spacial score (nSPS) is 18.7. The number of hydrogen-bond donors (Lipinski definition) is 1. The van der Waals surface area contributed by atoms with Crippen LogP contribution in [-0.2, 0) is 15.0 Å². The van der Waals surface area contributed by atoms with Gasteiger partial charge in [0.25, 0.3) is 10.2 Å². The number of hydrogen-bond acceptors (Lipinski definition) is 4. The van der Waals surface area contributed by atoms with E-state index in [4.69, 9.17) is 0 Å². The maximum atomic E-state index is 12.4. The van der Waals surface area contributed by atoms with Crippen LogP contribution in [0.15, 0.2) is 30.3 Å². The van der Waals surface area contributed by atoms with Gasteiger partial charge in [-0.05, 0) is 31.4 Å². The number of rotatable bonds is 8. The molecule has 1 N–H and O–H groups in total. The van der Waals surface area contributed by atoms with Crippen molar-refractivity contribution >= 4 is 21.8 Å². The monoisotopic (exact) mass is 382 g/mol. The van der Waals surface area contributed by atoms with E-state index in [-0.39, 0.29) is 18.4 Å². The minimum Gasteiger partial charge on any atom is -0.375 e. The van der Waals surface area contributed by atoms with Gasteiger partial charge < -0.3 is 10.2 Å². The summed E-state index contributed by atoms with van der Waals surface area (Å²) in [4.78, 5) is 14.5. The van der Waals surface area contributed by atoms with Crippen molar-refractivity contribution in [3.63, 3.8) is 0 Å². The summed E-state index contributed by atoms with van der Waals surface area (Å²) in [5, 5.41) is 2.96. The molecule has 0 radical (unpaired) electrons. The van der Waals surface area contributed by atoms with Crippen LogP contribution in [-0.4, -0.2) is 70.3 Å². The zero-order chi connectivity index (χ0) is 19.2. The van der Waals surface area contributed by atoms with Crippen molar-refractivity contribution in [2.75, 3.05) is 52.2 Å². The van der Waals surface area contributed by atoms with Crippen molar-refractivity contribution in [1.82, 2.24) is 13.9 Å². The van der Waals surface area contributed by atoms with Crippen molar-refractivity contribution in [2.24, 2.45) is 5.92 Å². The van der Waals surface area contributed by atoms with E-state index in [0.29, 0.717) is 19.5 Å². The molecule has 1 fully saturated rings. The van der Waals surface area contributed by atoms with E-state index < -0.39 is 10.2 Å². The Bertz CT molecular complexity index is 679. The summed E-state index contributed by atoms with van der Waals surface area (Å²) >= 11 is 0. The highest BCUT2D eigenvalue weighted by molar-refractivity contribution is 7.86. The molecule has 1 unspecified atom stereocenters. The van der Waals surface area contributed by atoms with Crippen LogP contribution in [0.4, 0.5) is 5.69 Å². The van der Waals surface area contributed by atoms with Crippen LogP contribution in [0.25, 0.3) is 0 Å². The second-order valence-electron chi connectivity index (χ2n) is 6.89. The van der Waals surface area contributed by atoms with E-state index in [2.05, 4.69) is 22.3 Å². The maximum absolute atomic E-state index is 12.4. The van der Waals surface area contributed by atoms with Gasteiger partial charge in [0.05, 0.1) is 5.92 Å². The summed E-state index contributed by atoms with van der Waals surface area (Å²) in [6.45, 7) is 2.17. The lowest BCUT2D eigenvalue weighted by atomic mass is 9.99. The van der Waals surface area contributed by atoms with Gasteiger partial charge in [0.2, 0.25) is 5.91 Å². The Labute approximate surface area is 157 Å². The largest absolute Gasteiger partial charge is 0.375 e. The highest BCUT2D eigenvalue weighted by atomic mass is 32.2. The molecule has 1 aliphatic heterocycles. The Morgan fingerprint density at radius 2 is 1.92 bits per heavy atom. The molecule has 1 amide bonds. The van der Waals surface area contributed by atoms with Gasteiger partial charge in [0.15, 0.2) is 0 Å². The summed E-state index contributed by atoms with van der Waals surface area (Å²) in [6.07, 6.45) is 2.28. The van der Waals surface area contributed by atoms with Crippen molar-refractivity contribution < 1.29 is 13.2 Å². The number of carbonyl (C=O) groups is 1. The molecule has 0 saturated carbocycles. The summed E-state index contributed by atoms with van der Waals surface area (Å²) in [7, 11) is 1.61. The average Bonchev–Trinajstić information content (AvgIpc) is 2.65. The Morgan fingerprint density at radius 1 is 1.23 bits per heavy atom. The lowest BCUT2D eigenvalue weighted by Crippen LogP contribution is -2.49. The number of nitrogens with zero attached hydrogens (tertiary/aromatic N) is 3. The van der Waals surface area contributed by atoms with Crippen molar-refractivity contribution in [1.29, 1.82) is 0 Å². The number of amides is 1. The van der Waals surface area contributed by atoms with E-state index in [0.717, 1.165) is 25.1 Å². The van der Waals surface area contributed by atoms with Crippen molar-refractivity contribution in [3.8, 4) is 0 Å². The fraction of sp³-hybridized carbons (Fsp3) is 0.611. The van der Waals surface area contributed by atoms with E-state index in [1.807, 2.05) is 25.2 Å². The second-order valence-corrected chi connectivity index (χ2v) is 9.03. The van der Waals surface area contributed by atoms with Gasteiger partial charge in [-0.25, -0.2) is 0 Å². The molecule has 2 rings (SSSR count). The molecule has 1 saturated heterocycles. The standard InChI is InChI=1S/C18H30N4O3S/c1-20(2)26(24,25)22-14-7-9-16(15-22)18(23)19-12-8-13-21(3)17-10-5-4-6-11-17/h4-6,10-11,16H,7-9,12-15H2,1-3H3,(H,19,23). The molecule has 26 heavy (non-hydrogen) atoms. The third-order valence-electron chi connectivity index (χ3n) is 4.71. The van der Waals surface area contributed by atoms with Gasteiger partial charge in [-0.3, -0.25) is 4.79 Å². The van der Waals surface area contributed by atoms with Crippen LogP contribution >= 0.6 is 0 Å². The Balaban J connectivity index is 1.75. The topological polar surface area (TPSA) is 73.0 Å². The lowest BCUT2D eigenvalue weighted by molar-refractivity contribution is -0.126. The molecule has 0 aromatic heterocycles. The van der Waals surface area contributed by atoms with E-state index >= 15 is 0 Å². The molecule has 1 aromatic rings. The zero-order valence-corrected chi connectivity index (χ0v) is 16.7. The predicted molar refractivity (Wildman–Crippen MR) is 104 cm³/mol. The quantitative estimate of drug-likeness (QED) is 0.685. The molecule has 0 aliphatic carbocycles. The van der Waals surface area contributed by atoms with Gasteiger partial charge in [0, 0.05) is 53.0 Å².